The number of ether oxygens (including phenoxy) is 4. The third-order valence-electron chi connectivity index (χ3n) is 17.9. The summed E-state index contributed by atoms with van der Waals surface area (Å²) in [5.74, 6) is 0.223. The summed E-state index contributed by atoms with van der Waals surface area (Å²) in [6.07, 6.45) is 50.2. The molecular formula is C74H144O17P2. The highest BCUT2D eigenvalue weighted by atomic mass is 31.2. The van der Waals surface area contributed by atoms with E-state index < -0.39 is 97.5 Å². The van der Waals surface area contributed by atoms with Crippen LogP contribution in [0.15, 0.2) is 0 Å². The molecule has 0 saturated carbocycles. The van der Waals surface area contributed by atoms with E-state index in [-0.39, 0.29) is 25.7 Å². The van der Waals surface area contributed by atoms with Crippen LogP contribution in [0.3, 0.4) is 0 Å². The van der Waals surface area contributed by atoms with Gasteiger partial charge >= 0.3 is 39.5 Å². The lowest BCUT2D eigenvalue weighted by atomic mass is 9.99. The van der Waals surface area contributed by atoms with Gasteiger partial charge in [0.25, 0.3) is 0 Å². The number of esters is 4. The lowest BCUT2D eigenvalue weighted by Crippen LogP contribution is -2.30. The number of hydrogen-bond acceptors (Lipinski definition) is 15. The van der Waals surface area contributed by atoms with Gasteiger partial charge in [-0.15, -0.1) is 0 Å². The van der Waals surface area contributed by atoms with Gasteiger partial charge in [-0.2, -0.15) is 0 Å². The summed E-state index contributed by atoms with van der Waals surface area (Å²) in [5, 5.41) is 10.6. The molecule has 17 nitrogen and oxygen atoms in total. The molecule has 552 valence electrons. The Morgan fingerprint density at radius 1 is 0.312 bits per heavy atom. The van der Waals surface area contributed by atoms with E-state index in [1.165, 1.54) is 180 Å². The number of carbonyl (C=O) groups is 4. The van der Waals surface area contributed by atoms with Gasteiger partial charge in [0.1, 0.15) is 19.3 Å². The predicted octanol–water partition coefficient (Wildman–Crippen LogP) is 21.4. The van der Waals surface area contributed by atoms with Gasteiger partial charge in [-0.05, 0) is 43.4 Å². The number of rotatable bonds is 72. The van der Waals surface area contributed by atoms with Crippen molar-refractivity contribution in [3.8, 4) is 0 Å². The van der Waals surface area contributed by atoms with Crippen LogP contribution in [-0.4, -0.2) is 96.7 Å². The number of aliphatic hydroxyl groups is 1. The van der Waals surface area contributed by atoms with Gasteiger partial charge < -0.3 is 33.8 Å². The van der Waals surface area contributed by atoms with Crippen LogP contribution in [0.25, 0.3) is 0 Å². The summed E-state index contributed by atoms with van der Waals surface area (Å²) in [6, 6.07) is 0. The molecule has 0 rings (SSSR count). The maximum atomic E-state index is 13.1. The van der Waals surface area contributed by atoms with E-state index in [4.69, 9.17) is 37.0 Å². The molecule has 0 radical (unpaired) electrons. The van der Waals surface area contributed by atoms with Gasteiger partial charge in [0.05, 0.1) is 26.4 Å². The molecule has 0 spiro atoms. The first-order valence-electron chi connectivity index (χ1n) is 38.4. The predicted molar refractivity (Wildman–Crippen MR) is 377 cm³/mol. The van der Waals surface area contributed by atoms with Gasteiger partial charge in [0.15, 0.2) is 12.2 Å². The molecule has 0 aliphatic carbocycles. The molecule has 4 unspecified atom stereocenters. The smallest absolute Gasteiger partial charge is 0.462 e. The van der Waals surface area contributed by atoms with E-state index >= 15 is 0 Å². The fourth-order valence-corrected chi connectivity index (χ4v) is 12.8. The van der Waals surface area contributed by atoms with E-state index in [1.54, 1.807) is 0 Å². The monoisotopic (exact) mass is 1370 g/mol. The second-order valence-corrected chi connectivity index (χ2v) is 30.6. The summed E-state index contributed by atoms with van der Waals surface area (Å²) >= 11 is 0. The average molecular weight is 1370 g/mol. The molecular weight excluding hydrogens is 1220 g/mol. The van der Waals surface area contributed by atoms with Gasteiger partial charge in [0, 0.05) is 25.7 Å². The fourth-order valence-electron chi connectivity index (χ4n) is 11.2. The second-order valence-electron chi connectivity index (χ2n) is 27.6. The maximum Gasteiger partial charge on any atom is 0.472 e. The number of unbranched alkanes of at least 4 members (excludes halogenated alkanes) is 38. The van der Waals surface area contributed by atoms with E-state index in [2.05, 4.69) is 48.5 Å². The van der Waals surface area contributed by atoms with E-state index in [1.807, 2.05) is 0 Å². The molecule has 0 aromatic carbocycles. The first kappa shape index (κ1) is 91.1. The van der Waals surface area contributed by atoms with E-state index in [0.29, 0.717) is 25.7 Å². The summed E-state index contributed by atoms with van der Waals surface area (Å²) in [5.41, 5.74) is 0. The van der Waals surface area contributed by atoms with Crippen molar-refractivity contribution in [3.63, 3.8) is 0 Å². The molecule has 0 aromatic rings. The molecule has 0 heterocycles. The summed E-state index contributed by atoms with van der Waals surface area (Å²) in [7, 11) is -9.90. The number of aliphatic hydroxyl groups excluding tert-OH is 1. The highest BCUT2D eigenvalue weighted by Gasteiger charge is 2.30. The third-order valence-corrected chi connectivity index (χ3v) is 19.8. The zero-order valence-electron chi connectivity index (χ0n) is 60.7. The molecule has 19 heteroatoms. The van der Waals surface area contributed by atoms with Gasteiger partial charge in [-0.1, -0.05) is 325 Å². The summed E-state index contributed by atoms with van der Waals surface area (Å²) in [6.45, 7) is 11.9. The lowest BCUT2D eigenvalue weighted by Gasteiger charge is -2.21. The van der Waals surface area contributed by atoms with Crippen LogP contribution >= 0.6 is 15.6 Å². The average Bonchev–Trinajstić information content (AvgIpc) is 3.43. The molecule has 93 heavy (non-hydrogen) atoms. The van der Waals surface area contributed by atoms with Crippen molar-refractivity contribution in [3.05, 3.63) is 0 Å². The molecule has 0 aliphatic rings. The summed E-state index contributed by atoms with van der Waals surface area (Å²) in [4.78, 5) is 72.5. The first-order valence-corrected chi connectivity index (χ1v) is 41.4. The molecule has 3 N–H and O–H groups in total. The topological polar surface area (TPSA) is 237 Å². The molecule has 7 atom stereocenters. The minimum absolute atomic E-state index is 0.103. The van der Waals surface area contributed by atoms with Crippen molar-refractivity contribution < 1.29 is 80.2 Å². The van der Waals surface area contributed by atoms with E-state index in [0.717, 1.165) is 114 Å². The summed E-state index contributed by atoms with van der Waals surface area (Å²) < 4.78 is 68.3. The molecule has 0 bridgehead atoms. The van der Waals surface area contributed by atoms with Gasteiger partial charge in [-0.25, -0.2) is 9.13 Å². The van der Waals surface area contributed by atoms with Crippen molar-refractivity contribution in [2.75, 3.05) is 39.6 Å². The third kappa shape index (κ3) is 65.8. The first-order chi connectivity index (χ1) is 44.8. The Morgan fingerprint density at radius 3 is 0.817 bits per heavy atom. The van der Waals surface area contributed by atoms with Crippen LogP contribution in [0.4, 0.5) is 0 Å². The fraction of sp³-hybridized carbons (Fsp3) is 0.946. The van der Waals surface area contributed by atoms with Crippen LogP contribution in [0.1, 0.15) is 376 Å². The Hall–Kier alpha value is -1.94. The largest absolute Gasteiger partial charge is 0.472 e. The van der Waals surface area contributed by atoms with Crippen molar-refractivity contribution >= 4 is 39.5 Å². The van der Waals surface area contributed by atoms with Crippen LogP contribution in [-0.2, 0) is 65.4 Å². The Morgan fingerprint density at radius 2 is 0.548 bits per heavy atom. The molecule has 0 aromatic heterocycles. The number of hydrogen-bond donors (Lipinski definition) is 3. The second kappa shape index (κ2) is 64.7. The number of phosphoric ester groups is 2. The molecule has 0 saturated heterocycles. The molecule has 0 amide bonds. The van der Waals surface area contributed by atoms with Crippen molar-refractivity contribution in [1.29, 1.82) is 0 Å². The van der Waals surface area contributed by atoms with Crippen molar-refractivity contribution in [1.82, 2.24) is 0 Å². The number of phosphoric acid groups is 2. The van der Waals surface area contributed by atoms with Crippen LogP contribution in [0.2, 0.25) is 0 Å². The van der Waals surface area contributed by atoms with Crippen molar-refractivity contribution in [2.45, 2.75) is 394 Å². The highest BCUT2D eigenvalue weighted by molar-refractivity contribution is 7.47. The Kier molecular flexibility index (Phi) is 63.4. The van der Waals surface area contributed by atoms with Crippen LogP contribution in [0.5, 0.6) is 0 Å². The Balaban J connectivity index is 5.16. The standard InChI is InChI=1S/C74H144O17P2/c1-8-11-12-13-14-33-41-48-55-71(76)84-62-70(91-74(79)58-51-44-37-36-40-47-54-67(7)10-3)64-89-93(82,83)87-60-68(75)59-86-92(80,81)88-63-69(61-85-72(77)56-49-42-34-29-26-25-27-31-38-45-52-65(4)5)90-73(78)57-50-43-35-30-24-22-20-18-16-15-17-19-21-23-28-32-39-46-53-66(6)9-2/h65-70,75H,8-64H2,1-7H3,(H,80,81)(H,82,83)/t66?,67?,68-,69-,70-/m1/s1. The zero-order valence-corrected chi connectivity index (χ0v) is 62.5. The minimum atomic E-state index is -4.96. The van der Waals surface area contributed by atoms with Gasteiger partial charge in [-0.3, -0.25) is 37.3 Å². The van der Waals surface area contributed by atoms with Crippen LogP contribution < -0.4 is 0 Å². The minimum Gasteiger partial charge on any atom is -0.462 e. The molecule has 0 fully saturated rings. The number of carbonyl (C=O) groups excluding carboxylic acids is 4. The van der Waals surface area contributed by atoms with Gasteiger partial charge in [0.2, 0.25) is 0 Å². The quantitative estimate of drug-likeness (QED) is 0.0222. The molecule has 0 aliphatic heterocycles. The maximum absolute atomic E-state index is 13.1. The zero-order chi connectivity index (χ0) is 68.7. The Labute approximate surface area is 568 Å². The normalized spacial score (nSPS) is 14.7. The Bertz CT molecular complexity index is 1820. The highest BCUT2D eigenvalue weighted by Crippen LogP contribution is 2.45. The SMILES string of the molecule is CCCCCCCCCCC(=O)OC[C@H](COP(=O)(O)OC[C@H](O)COP(=O)(O)OC[C@@H](COC(=O)CCCCCCCCCCCCC(C)C)OC(=O)CCCCCCCCCCCCCCCCCCCCC(C)CC)OC(=O)CCCCCCCCC(C)CC. The van der Waals surface area contributed by atoms with E-state index in [9.17, 15) is 43.2 Å². The van der Waals surface area contributed by atoms with Crippen LogP contribution in [0, 0.1) is 17.8 Å². The van der Waals surface area contributed by atoms with Crippen molar-refractivity contribution in [2.24, 2.45) is 17.8 Å². The lowest BCUT2D eigenvalue weighted by molar-refractivity contribution is -0.161.